The summed E-state index contributed by atoms with van der Waals surface area (Å²) < 4.78 is 11.0. The third-order valence-corrected chi connectivity index (χ3v) is 5.60. The van der Waals surface area contributed by atoms with Crippen LogP contribution in [0.1, 0.15) is 11.1 Å². The van der Waals surface area contributed by atoms with Crippen LogP contribution in [-0.2, 0) is 11.3 Å². The van der Waals surface area contributed by atoms with Crippen molar-refractivity contribution in [1.29, 1.82) is 0 Å². The zero-order valence-corrected chi connectivity index (χ0v) is 18.2. The Hall–Kier alpha value is -4.18. The van der Waals surface area contributed by atoms with Crippen LogP contribution >= 0.6 is 11.8 Å². The largest absolute Gasteiger partial charge is 0.493 e. The minimum atomic E-state index is -0.548. The average molecular weight is 463 g/mol. The molecular weight excluding hydrogens is 446 g/mol. The Morgan fingerprint density at radius 1 is 1.09 bits per heavy atom. The van der Waals surface area contributed by atoms with Crippen molar-refractivity contribution in [2.45, 2.75) is 6.54 Å². The minimum Gasteiger partial charge on any atom is -0.493 e. The summed E-state index contributed by atoms with van der Waals surface area (Å²) in [6, 6.07) is 17.0. The summed E-state index contributed by atoms with van der Waals surface area (Å²) in [5.74, 6) is 0.512. The van der Waals surface area contributed by atoms with E-state index < -0.39 is 4.92 Å². The monoisotopic (exact) mass is 463 g/mol. The SMILES string of the molecule is COc1cc(/C=C2\SC(=O)N(Cc3ccccc3)C2=O)ccc1Oc1ccc([N+](=O)[O-])cn1. The molecule has 2 heterocycles. The number of hydrogen-bond donors (Lipinski definition) is 0. The Morgan fingerprint density at radius 3 is 2.55 bits per heavy atom. The molecule has 2 aromatic carbocycles. The lowest BCUT2D eigenvalue weighted by atomic mass is 10.1. The van der Waals surface area contributed by atoms with Crippen LogP contribution in [0.5, 0.6) is 17.4 Å². The van der Waals surface area contributed by atoms with Gasteiger partial charge in [-0.25, -0.2) is 4.98 Å². The Morgan fingerprint density at radius 2 is 1.88 bits per heavy atom. The van der Waals surface area contributed by atoms with Crippen LogP contribution in [0.15, 0.2) is 71.8 Å². The van der Waals surface area contributed by atoms with Crippen LogP contribution in [0, 0.1) is 10.1 Å². The molecule has 0 spiro atoms. The van der Waals surface area contributed by atoms with Crippen molar-refractivity contribution in [2.75, 3.05) is 7.11 Å². The highest BCUT2D eigenvalue weighted by atomic mass is 32.2. The Labute approximate surface area is 192 Å². The Balaban J connectivity index is 1.52. The van der Waals surface area contributed by atoms with Crippen LogP contribution in [-0.4, -0.2) is 33.1 Å². The number of rotatable bonds is 7. The second-order valence-electron chi connectivity index (χ2n) is 6.88. The summed E-state index contributed by atoms with van der Waals surface area (Å²) in [6.07, 6.45) is 2.72. The fourth-order valence-corrected chi connectivity index (χ4v) is 3.90. The number of carbonyl (C=O) groups is 2. The molecule has 1 aliphatic rings. The van der Waals surface area contributed by atoms with Gasteiger partial charge in [0, 0.05) is 12.1 Å². The van der Waals surface area contributed by atoms with Gasteiger partial charge in [-0.2, -0.15) is 0 Å². The van der Waals surface area contributed by atoms with Gasteiger partial charge in [-0.05, 0) is 41.1 Å². The highest BCUT2D eigenvalue weighted by molar-refractivity contribution is 8.18. The second-order valence-corrected chi connectivity index (χ2v) is 7.87. The molecule has 1 aliphatic heterocycles. The summed E-state index contributed by atoms with van der Waals surface area (Å²) in [6.45, 7) is 0.210. The zero-order valence-electron chi connectivity index (χ0n) is 17.3. The summed E-state index contributed by atoms with van der Waals surface area (Å²) in [4.78, 5) is 40.8. The van der Waals surface area contributed by atoms with Gasteiger partial charge >= 0.3 is 0 Å². The predicted octanol–water partition coefficient (Wildman–Crippen LogP) is 5.03. The molecule has 166 valence electrons. The van der Waals surface area contributed by atoms with Crippen LogP contribution in [0.2, 0.25) is 0 Å². The number of thioether (sulfide) groups is 1. The van der Waals surface area contributed by atoms with Crippen LogP contribution in [0.4, 0.5) is 10.5 Å². The number of nitro groups is 1. The van der Waals surface area contributed by atoms with Gasteiger partial charge in [-0.1, -0.05) is 36.4 Å². The number of hydrogen-bond acceptors (Lipinski definition) is 8. The maximum atomic E-state index is 12.8. The zero-order chi connectivity index (χ0) is 23.4. The molecule has 0 saturated carbocycles. The normalized spacial score (nSPS) is 14.6. The number of methoxy groups -OCH3 is 1. The molecule has 0 bridgehead atoms. The van der Waals surface area contributed by atoms with E-state index in [-0.39, 0.29) is 29.3 Å². The molecule has 2 amide bonds. The Kier molecular flexibility index (Phi) is 6.36. The van der Waals surface area contributed by atoms with Gasteiger partial charge in [0.05, 0.1) is 23.5 Å². The van der Waals surface area contributed by atoms with Gasteiger partial charge in [0.2, 0.25) is 5.88 Å². The molecule has 33 heavy (non-hydrogen) atoms. The first-order valence-electron chi connectivity index (χ1n) is 9.70. The number of benzene rings is 2. The van der Waals surface area contributed by atoms with E-state index in [0.29, 0.717) is 22.0 Å². The molecular formula is C23H17N3O6S. The predicted molar refractivity (Wildman–Crippen MR) is 122 cm³/mol. The average Bonchev–Trinajstić information content (AvgIpc) is 3.08. The first-order valence-corrected chi connectivity index (χ1v) is 10.5. The molecule has 1 fully saturated rings. The van der Waals surface area contributed by atoms with Crippen molar-refractivity contribution in [1.82, 2.24) is 9.88 Å². The van der Waals surface area contributed by atoms with E-state index in [4.69, 9.17) is 9.47 Å². The maximum absolute atomic E-state index is 12.8. The van der Waals surface area contributed by atoms with Crippen molar-refractivity contribution in [2.24, 2.45) is 0 Å². The number of amides is 2. The van der Waals surface area contributed by atoms with E-state index in [1.54, 1.807) is 24.3 Å². The molecule has 0 aliphatic carbocycles. The standard InChI is InChI=1S/C23H17N3O6S/c1-31-19-11-16(7-9-18(19)32-21-10-8-17(13-24-21)26(29)30)12-20-22(27)25(23(28)33-20)14-15-5-3-2-4-6-15/h2-13H,14H2,1H3/b20-12-. The molecule has 0 atom stereocenters. The Bertz CT molecular complexity index is 1240. The molecule has 1 aromatic heterocycles. The van der Waals surface area contributed by atoms with E-state index in [1.807, 2.05) is 30.3 Å². The van der Waals surface area contributed by atoms with E-state index in [1.165, 1.54) is 24.1 Å². The number of ether oxygens (including phenoxy) is 2. The smallest absolute Gasteiger partial charge is 0.293 e. The van der Waals surface area contributed by atoms with Crippen LogP contribution < -0.4 is 9.47 Å². The fraction of sp³-hybridized carbons (Fsp3) is 0.0870. The maximum Gasteiger partial charge on any atom is 0.293 e. The molecule has 0 unspecified atom stereocenters. The van der Waals surface area contributed by atoms with E-state index in [9.17, 15) is 19.7 Å². The molecule has 4 rings (SSSR count). The lowest BCUT2D eigenvalue weighted by Crippen LogP contribution is -2.27. The summed E-state index contributed by atoms with van der Waals surface area (Å²) in [5, 5.41) is 10.4. The van der Waals surface area contributed by atoms with Crippen molar-refractivity contribution < 1.29 is 24.0 Å². The van der Waals surface area contributed by atoms with Crippen molar-refractivity contribution >= 4 is 34.7 Å². The molecule has 10 heteroatoms. The van der Waals surface area contributed by atoms with Crippen LogP contribution in [0.25, 0.3) is 6.08 Å². The fourth-order valence-electron chi connectivity index (χ4n) is 3.07. The lowest BCUT2D eigenvalue weighted by Gasteiger charge is -2.12. The van der Waals surface area contributed by atoms with Crippen molar-refractivity contribution in [3.63, 3.8) is 0 Å². The summed E-state index contributed by atoms with van der Waals surface area (Å²) in [5.41, 5.74) is 1.36. The topological polar surface area (TPSA) is 112 Å². The third kappa shape index (κ3) is 5.01. The van der Waals surface area contributed by atoms with E-state index in [0.717, 1.165) is 23.5 Å². The van der Waals surface area contributed by atoms with Gasteiger partial charge in [0.1, 0.15) is 6.20 Å². The molecule has 9 nitrogen and oxygen atoms in total. The van der Waals surface area contributed by atoms with Crippen LogP contribution in [0.3, 0.4) is 0 Å². The number of imide groups is 1. The van der Waals surface area contributed by atoms with Gasteiger partial charge in [-0.3, -0.25) is 24.6 Å². The first-order chi connectivity index (χ1) is 15.9. The number of aromatic nitrogens is 1. The van der Waals surface area contributed by atoms with Gasteiger partial charge in [-0.15, -0.1) is 0 Å². The highest BCUT2D eigenvalue weighted by Crippen LogP contribution is 2.36. The van der Waals surface area contributed by atoms with E-state index >= 15 is 0 Å². The second kappa shape index (κ2) is 9.53. The van der Waals surface area contributed by atoms with Gasteiger partial charge < -0.3 is 9.47 Å². The first kappa shape index (κ1) is 22.0. The lowest BCUT2D eigenvalue weighted by molar-refractivity contribution is -0.385. The van der Waals surface area contributed by atoms with Gasteiger partial charge in [0.25, 0.3) is 16.8 Å². The number of pyridine rings is 1. The quantitative estimate of drug-likeness (QED) is 0.273. The molecule has 1 saturated heterocycles. The van der Waals surface area contributed by atoms with E-state index in [2.05, 4.69) is 4.98 Å². The minimum absolute atomic E-state index is 0.147. The number of carbonyl (C=O) groups excluding carboxylic acids is 2. The van der Waals surface area contributed by atoms with Crippen molar-refractivity contribution in [3.8, 4) is 17.4 Å². The third-order valence-electron chi connectivity index (χ3n) is 4.69. The van der Waals surface area contributed by atoms with Gasteiger partial charge in [0.15, 0.2) is 11.5 Å². The molecule has 3 aromatic rings. The molecule has 0 N–H and O–H groups in total. The summed E-state index contributed by atoms with van der Waals surface area (Å²) >= 11 is 0.881. The highest BCUT2D eigenvalue weighted by Gasteiger charge is 2.35. The van der Waals surface area contributed by atoms with Crippen molar-refractivity contribution in [3.05, 3.63) is 93.0 Å². The summed E-state index contributed by atoms with van der Waals surface area (Å²) in [7, 11) is 1.46. The number of nitrogens with zero attached hydrogens (tertiary/aromatic N) is 3. The molecule has 0 radical (unpaired) electrons.